The molecule has 0 saturated carbocycles. The van der Waals surface area contributed by atoms with E-state index in [1.54, 1.807) is 7.05 Å². The van der Waals surface area contributed by atoms with E-state index >= 15 is 0 Å². The second kappa shape index (κ2) is 8.70. The van der Waals surface area contributed by atoms with Crippen molar-refractivity contribution in [1.82, 2.24) is 4.98 Å². The van der Waals surface area contributed by atoms with Gasteiger partial charge >= 0.3 is 0 Å². The first-order valence-electron chi connectivity index (χ1n) is 7.01. The van der Waals surface area contributed by atoms with Gasteiger partial charge in [0.1, 0.15) is 11.6 Å². The molecule has 0 fully saturated rings. The van der Waals surface area contributed by atoms with Crippen molar-refractivity contribution in [2.24, 2.45) is 9.98 Å². The summed E-state index contributed by atoms with van der Waals surface area (Å²) in [6, 6.07) is 5.25. The molecule has 2 aromatic rings. The molecule has 0 saturated heterocycles. The fourth-order valence-electron chi connectivity index (χ4n) is 1.85. The van der Waals surface area contributed by atoms with Gasteiger partial charge in [-0.1, -0.05) is 11.6 Å². The Morgan fingerprint density at radius 1 is 1.40 bits per heavy atom. The average molecular weight is 361 g/mol. The number of amides is 1. The lowest BCUT2D eigenvalue weighted by Crippen LogP contribution is -2.14. The van der Waals surface area contributed by atoms with Crippen molar-refractivity contribution in [3.8, 4) is 5.75 Å². The van der Waals surface area contributed by atoms with E-state index in [9.17, 15) is 9.18 Å². The number of hydrogen-bond donors (Lipinski definition) is 1. The number of ether oxygens (including phenoxy) is 1. The summed E-state index contributed by atoms with van der Waals surface area (Å²) in [7, 11) is 1.58. The lowest BCUT2D eigenvalue weighted by Gasteiger charge is -2.09. The number of nitrogens with zero attached hydrogens (tertiary/aromatic N) is 3. The highest BCUT2D eigenvalue weighted by Crippen LogP contribution is 2.20. The van der Waals surface area contributed by atoms with Gasteiger partial charge in [-0.25, -0.2) is 4.39 Å². The molecule has 0 unspecified atom stereocenters. The van der Waals surface area contributed by atoms with Gasteiger partial charge < -0.3 is 10.1 Å². The van der Waals surface area contributed by atoms with Crippen molar-refractivity contribution >= 4 is 36.1 Å². The van der Waals surface area contributed by atoms with Crippen molar-refractivity contribution in [3.05, 3.63) is 65.0 Å². The van der Waals surface area contributed by atoms with E-state index in [1.165, 1.54) is 43.0 Å². The van der Waals surface area contributed by atoms with Gasteiger partial charge in [-0.3, -0.25) is 19.8 Å². The quantitative estimate of drug-likeness (QED) is 0.629. The van der Waals surface area contributed by atoms with E-state index in [-0.39, 0.29) is 10.6 Å². The van der Waals surface area contributed by atoms with Gasteiger partial charge in [0.15, 0.2) is 5.76 Å². The largest absolute Gasteiger partial charge is 0.452 e. The molecule has 25 heavy (non-hydrogen) atoms. The predicted molar refractivity (Wildman–Crippen MR) is 96.3 cm³/mol. The maximum Gasteiger partial charge on any atom is 0.258 e. The summed E-state index contributed by atoms with van der Waals surface area (Å²) in [5, 5.41) is 2.79. The van der Waals surface area contributed by atoms with E-state index in [2.05, 4.69) is 27.0 Å². The number of nitrogens with one attached hydrogen (secondary N) is 1. The Bertz CT molecular complexity index is 852. The van der Waals surface area contributed by atoms with E-state index < -0.39 is 11.7 Å². The average Bonchev–Trinajstić information content (AvgIpc) is 2.58. The highest BCUT2D eigenvalue weighted by molar-refractivity contribution is 6.31. The van der Waals surface area contributed by atoms with Crippen molar-refractivity contribution in [3.63, 3.8) is 0 Å². The zero-order valence-electron chi connectivity index (χ0n) is 13.2. The Morgan fingerprint density at radius 3 is 2.92 bits per heavy atom. The molecule has 6 nitrogen and oxygen atoms in total. The maximum atomic E-state index is 13.7. The number of benzene rings is 1. The zero-order chi connectivity index (χ0) is 18.2. The fourth-order valence-corrected chi connectivity index (χ4v) is 2.02. The lowest BCUT2D eigenvalue weighted by molar-refractivity contribution is 0.102. The standard InChI is InChI=1S/C17H14ClFN4O2/c1-20-8-14(9-21-2)25-13-6-12(7-22-10-13)23-17(24)15-5-11(18)3-4-16(15)19/h3-10H,1H2,2H3,(H,23,24)/b14-8+,21-9?. The van der Waals surface area contributed by atoms with Gasteiger partial charge in [0.05, 0.1) is 36.1 Å². The van der Waals surface area contributed by atoms with E-state index in [0.29, 0.717) is 17.2 Å². The number of aliphatic imine (C=N–C) groups is 2. The van der Waals surface area contributed by atoms with E-state index in [0.717, 1.165) is 6.07 Å². The molecule has 0 bridgehead atoms. The van der Waals surface area contributed by atoms with Crippen LogP contribution in [0.4, 0.5) is 10.1 Å². The van der Waals surface area contributed by atoms with Gasteiger partial charge in [0.25, 0.3) is 5.91 Å². The predicted octanol–water partition coefficient (Wildman–Crippen LogP) is 3.75. The monoisotopic (exact) mass is 360 g/mol. The minimum atomic E-state index is -0.677. The Labute approximate surface area is 148 Å². The maximum absolute atomic E-state index is 13.7. The van der Waals surface area contributed by atoms with Gasteiger partial charge in [-0.15, -0.1) is 0 Å². The molecule has 8 heteroatoms. The number of aromatic nitrogens is 1. The van der Waals surface area contributed by atoms with Crippen LogP contribution < -0.4 is 10.1 Å². The molecule has 1 aromatic carbocycles. The molecule has 0 atom stereocenters. The van der Waals surface area contributed by atoms with Crippen LogP contribution in [0.15, 0.2) is 58.6 Å². The van der Waals surface area contributed by atoms with Crippen LogP contribution in [0.2, 0.25) is 5.02 Å². The van der Waals surface area contributed by atoms with Crippen molar-refractivity contribution < 1.29 is 13.9 Å². The number of pyridine rings is 1. The zero-order valence-corrected chi connectivity index (χ0v) is 14.0. The summed E-state index contributed by atoms with van der Waals surface area (Å²) in [6.45, 7) is 3.34. The molecule has 1 heterocycles. The first kappa shape index (κ1) is 18.3. The molecule has 2 rings (SSSR count). The SMILES string of the molecule is C=N/C=C(\C=NC)Oc1cncc(NC(=O)c2cc(Cl)ccc2F)c1. The Morgan fingerprint density at radius 2 is 2.20 bits per heavy atom. The van der Waals surface area contributed by atoms with Crippen LogP contribution >= 0.6 is 11.6 Å². The number of anilines is 1. The summed E-state index contributed by atoms with van der Waals surface area (Å²) in [4.78, 5) is 23.6. The normalized spacial score (nSPS) is 11.4. The highest BCUT2D eigenvalue weighted by atomic mass is 35.5. The molecule has 0 aliphatic carbocycles. The number of halogens is 2. The third kappa shape index (κ3) is 5.22. The van der Waals surface area contributed by atoms with Crippen LogP contribution in [-0.4, -0.2) is 30.9 Å². The second-order valence-electron chi connectivity index (χ2n) is 4.69. The first-order chi connectivity index (χ1) is 12.0. The number of rotatable bonds is 6. The number of carbonyl (C=O) groups is 1. The molecule has 1 aromatic heterocycles. The highest BCUT2D eigenvalue weighted by Gasteiger charge is 2.13. The van der Waals surface area contributed by atoms with Crippen LogP contribution in [0.1, 0.15) is 10.4 Å². The van der Waals surface area contributed by atoms with Gasteiger partial charge in [0, 0.05) is 18.1 Å². The molecule has 0 aliphatic rings. The molecule has 128 valence electrons. The van der Waals surface area contributed by atoms with Crippen LogP contribution in [0, 0.1) is 5.82 Å². The minimum absolute atomic E-state index is 0.173. The van der Waals surface area contributed by atoms with E-state index in [1.807, 2.05) is 0 Å². The third-order valence-electron chi connectivity index (χ3n) is 2.85. The van der Waals surface area contributed by atoms with E-state index in [4.69, 9.17) is 16.3 Å². The van der Waals surface area contributed by atoms with Crippen LogP contribution in [0.3, 0.4) is 0 Å². The van der Waals surface area contributed by atoms with Crippen LogP contribution in [-0.2, 0) is 0 Å². The first-order valence-corrected chi connectivity index (χ1v) is 7.38. The summed E-state index contributed by atoms with van der Waals surface area (Å²) >= 11 is 5.79. The smallest absolute Gasteiger partial charge is 0.258 e. The Kier molecular flexibility index (Phi) is 6.36. The second-order valence-corrected chi connectivity index (χ2v) is 5.13. The summed E-state index contributed by atoms with van der Waals surface area (Å²) in [5.41, 5.74) is 0.148. The third-order valence-corrected chi connectivity index (χ3v) is 3.09. The molecular weight excluding hydrogens is 347 g/mol. The van der Waals surface area contributed by atoms with Crippen LogP contribution in [0.25, 0.3) is 0 Å². The molecular formula is C17H14ClFN4O2. The lowest BCUT2D eigenvalue weighted by atomic mass is 10.2. The Hall–Kier alpha value is -3.06. The molecule has 0 aliphatic heterocycles. The van der Waals surface area contributed by atoms with Gasteiger partial charge in [-0.05, 0) is 24.9 Å². The molecule has 1 amide bonds. The molecule has 1 N–H and O–H groups in total. The van der Waals surface area contributed by atoms with Crippen molar-refractivity contribution in [2.75, 3.05) is 12.4 Å². The number of hydrogen-bond acceptors (Lipinski definition) is 5. The summed E-state index contributed by atoms with van der Waals surface area (Å²) in [5.74, 6) is -0.663. The van der Waals surface area contributed by atoms with Gasteiger partial charge in [-0.2, -0.15) is 0 Å². The Balaban J connectivity index is 2.18. The minimum Gasteiger partial charge on any atom is -0.452 e. The summed E-state index contributed by atoms with van der Waals surface area (Å²) in [6.07, 6.45) is 5.66. The number of allylic oxidation sites excluding steroid dienone is 1. The molecule has 0 spiro atoms. The topological polar surface area (TPSA) is 75.9 Å². The van der Waals surface area contributed by atoms with Crippen LogP contribution in [0.5, 0.6) is 5.75 Å². The molecule has 0 radical (unpaired) electrons. The fraction of sp³-hybridized carbons (Fsp3) is 0.0588. The number of carbonyl (C=O) groups excluding carboxylic acids is 1. The van der Waals surface area contributed by atoms with Crippen molar-refractivity contribution in [1.29, 1.82) is 0 Å². The van der Waals surface area contributed by atoms with Crippen molar-refractivity contribution in [2.45, 2.75) is 0 Å². The van der Waals surface area contributed by atoms with Gasteiger partial charge in [0.2, 0.25) is 0 Å². The summed E-state index contributed by atoms with van der Waals surface area (Å²) < 4.78 is 19.3.